The van der Waals surface area contributed by atoms with Crippen LogP contribution >= 0.6 is 0 Å². The smallest absolute Gasteiger partial charge is 0.335 e. The summed E-state index contributed by atoms with van der Waals surface area (Å²) in [6.07, 6.45) is -1.39. The zero-order chi connectivity index (χ0) is 10.3. The van der Waals surface area contributed by atoms with Crippen LogP contribution in [0.3, 0.4) is 0 Å². The van der Waals surface area contributed by atoms with Crippen LogP contribution in [0.15, 0.2) is 0 Å². The Morgan fingerprint density at radius 2 is 1.69 bits per heavy atom. The Labute approximate surface area is 75.0 Å². The molecule has 0 fully saturated rings. The van der Waals surface area contributed by atoms with E-state index < -0.39 is 12.2 Å². The Kier molecular flexibility index (Phi) is 5.32. The molecule has 2 amide bonds. The molecule has 0 unspecified atom stereocenters. The van der Waals surface area contributed by atoms with Gasteiger partial charge in [0.1, 0.15) is 0 Å². The van der Waals surface area contributed by atoms with E-state index in [0.29, 0.717) is 0 Å². The van der Waals surface area contributed by atoms with Gasteiger partial charge in [0, 0.05) is 21.1 Å². The van der Waals surface area contributed by atoms with Crippen LogP contribution < -0.4 is 16.2 Å². The van der Waals surface area contributed by atoms with Crippen LogP contribution in [-0.2, 0) is 9.68 Å². The quantitative estimate of drug-likeness (QED) is 0.495. The minimum absolute atomic E-state index is 0.685. The van der Waals surface area contributed by atoms with Crippen LogP contribution in [0, 0.1) is 0 Å². The maximum Gasteiger partial charge on any atom is 0.427 e. The fourth-order valence-corrected chi connectivity index (χ4v) is 0.345. The predicted octanol–water partition coefficient (Wildman–Crippen LogP) is -1.04. The number of nitrogens with one attached hydrogen (secondary N) is 3. The molecule has 0 aromatic carbocycles. The van der Waals surface area contributed by atoms with Crippen molar-refractivity contribution < 1.29 is 19.3 Å². The van der Waals surface area contributed by atoms with Gasteiger partial charge in [-0.2, -0.15) is 0 Å². The molecule has 0 aromatic rings. The summed E-state index contributed by atoms with van der Waals surface area (Å²) in [5, 5.41) is 5.21. The third-order valence-corrected chi connectivity index (χ3v) is 0.895. The van der Waals surface area contributed by atoms with Crippen LogP contribution in [0.4, 0.5) is 9.59 Å². The molecular formula is C5H12N4O4. The molecule has 0 heterocycles. The van der Waals surface area contributed by atoms with Gasteiger partial charge in [0.2, 0.25) is 0 Å². The van der Waals surface area contributed by atoms with E-state index in [1.54, 1.807) is 0 Å². The summed E-state index contributed by atoms with van der Waals surface area (Å²) in [6.45, 7) is 0. The Morgan fingerprint density at radius 3 is 2.15 bits per heavy atom. The molecule has 13 heavy (non-hydrogen) atoms. The second-order valence-corrected chi connectivity index (χ2v) is 1.86. The van der Waals surface area contributed by atoms with Gasteiger partial charge in [0.05, 0.1) is 0 Å². The zero-order valence-corrected chi connectivity index (χ0v) is 7.58. The second kappa shape index (κ2) is 6.03. The molecule has 0 bridgehead atoms. The largest absolute Gasteiger partial charge is 0.427 e. The molecule has 0 aromatic heterocycles. The molecule has 0 radical (unpaired) electrons. The lowest BCUT2D eigenvalue weighted by molar-refractivity contribution is -0.196. The van der Waals surface area contributed by atoms with E-state index >= 15 is 0 Å². The van der Waals surface area contributed by atoms with Crippen LogP contribution in [0.2, 0.25) is 0 Å². The SMILES string of the molecule is CNC(=O)ONN(C)OC(=O)NC. The van der Waals surface area contributed by atoms with Crippen molar-refractivity contribution in [2.45, 2.75) is 0 Å². The molecule has 0 aliphatic rings. The van der Waals surface area contributed by atoms with Crippen molar-refractivity contribution in [3.05, 3.63) is 0 Å². The van der Waals surface area contributed by atoms with Crippen LogP contribution in [-0.4, -0.2) is 38.5 Å². The van der Waals surface area contributed by atoms with Crippen molar-refractivity contribution in [1.82, 2.24) is 21.4 Å². The van der Waals surface area contributed by atoms with Crippen molar-refractivity contribution in [3.63, 3.8) is 0 Å². The highest BCUT2D eigenvalue weighted by Crippen LogP contribution is 1.81. The van der Waals surface area contributed by atoms with Crippen molar-refractivity contribution in [2.75, 3.05) is 21.1 Å². The number of hydrogen-bond acceptors (Lipinski definition) is 6. The Balaban J connectivity index is 3.56. The van der Waals surface area contributed by atoms with E-state index in [9.17, 15) is 9.59 Å². The predicted molar refractivity (Wildman–Crippen MR) is 42.0 cm³/mol. The molecule has 76 valence electrons. The van der Waals surface area contributed by atoms with Gasteiger partial charge in [-0.15, -0.1) is 0 Å². The number of rotatable bonds is 3. The van der Waals surface area contributed by atoms with Crippen LogP contribution in [0.25, 0.3) is 0 Å². The average molecular weight is 192 g/mol. The lowest BCUT2D eigenvalue weighted by Gasteiger charge is -2.15. The number of hydrazine groups is 1. The summed E-state index contributed by atoms with van der Waals surface area (Å²) in [6, 6.07) is 0. The normalized spacial score (nSPS) is 9.23. The topological polar surface area (TPSA) is 91.9 Å². The van der Waals surface area contributed by atoms with Crippen molar-refractivity contribution >= 4 is 12.2 Å². The van der Waals surface area contributed by atoms with Gasteiger partial charge < -0.3 is 20.3 Å². The van der Waals surface area contributed by atoms with Gasteiger partial charge in [0.15, 0.2) is 0 Å². The van der Waals surface area contributed by atoms with Crippen molar-refractivity contribution in [2.24, 2.45) is 0 Å². The summed E-state index contributed by atoms with van der Waals surface area (Å²) in [7, 11) is 4.14. The molecule has 0 aliphatic carbocycles. The Morgan fingerprint density at radius 1 is 1.15 bits per heavy atom. The minimum atomic E-state index is -0.702. The van der Waals surface area contributed by atoms with E-state index in [2.05, 4.69) is 20.3 Å². The van der Waals surface area contributed by atoms with E-state index in [1.165, 1.54) is 21.1 Å². The number of nitrogens with zero attached hydrogens (tertiary/aromatic N) is 1. The molecule has 0 rings (SSSR count). The van der Waals surface area contributed by atoms with E-state index in [-0.39, 0.29) is 0 Å². The molecule has 0 saturated carbocycles. The minimum Gasteiger partial charge on any atom is -0.335 e. The Bertz CT molecular complexity index is 185. The van der Waals surface area contributed by atoms with Gasteiger partial charge in [-0.25, -0.2) is 9.59 Å². The second-order valence-electron chi connectivity index (χ2n) is 1.86. The number of carbonyl (C=O) groups is 2. The zero-order valence-electron chi connectivity index (χ0n) is 7.58. The first-order chi connectivity index (χ1) is 6.10. The first-order valence-electron chi connectivity index (χ1n) is 3.37. The first kappa shape index (κ1) is 11.5. The molecule has 0 atom stereocenters. The highest BCUT2D eigenvalue weighted by atomic mass is 16.8. The maximum atomic E-state index is 10.6. The maximum absolute atomic E-state index is 10.6. The van der Waals surface area contributed by atoms with Gasteiger partial charge in [-0.1, -0.05) is 0 Å². The molecule has 8 nitrogen and oxygen atoms in total. The Hall–Kier alpha value is -1.54. The molecular weight excluding hydrogens is 180 g/mol. The monoisotopic (exact) mass is 192 g/mol. The number of hydrogen-bond donors (Lipinski definition) is 3. The summed E-state index contributed by atoms with van der Waals surface area (Å²) in [4.78, 5) is 29.8. The van der Waals surface area contributed by atoms with Crippen molar-refractivity contribution in [1.29, 1.82) is 0 Å². The molecule has 0 aliphatic heterocycles. The number of carbonyl (C=O) groups excluding carboxylic acids is 2. The summed E-state index contributed by atoms with van der Waals surface area (Å²) >= 11 is 0. The fraction of sp³-hybridized carbons (Fsp3) is 0.600. The van der Waals surface area contributed by atoms with Crippen LogP contribution in [0.5, 0.6) is 0 Å². The average Bonchev–Trinajstić information content (AvgIpc) is 2.13. The van der Waals surface area contributed by atoms with Crippen LogP contribution in [0.1, 0.15) is 0 Å². The molecule has 3 N–H and O–H groups in total. The summed E-state index contributed by atoms with van der Waals surface area (Å²) in [5.41, 5.74) is 2.04. The van der Waals surface area contributed by atoms with Gasteiger partial charge >= 0.3 is 12.2 Å². The fourth-order valence-electron chi connectivity index (χ4n) is 0.345. The van der Waals surface area contributed by atoms with E-state index in [1.807, 2.05) is 5.59 Å². The summed E-state index contributed by atoms with van der Waals surface area (Å²) < 4.78 is 0. The van der Waals surface area contributed by atoms with Gasteiger partial charge in [-0.3, -0.25) is 0 Å². The van der Waals surface area contributed by atoms with E-state index in [4.69, 9.17) is 0 Å². The summed E-state index contributed by atoms with van der Waals surface area (Å²) in [5.74, 6) is 0. The lowest BCUT2D eigenvalue weighted by atomic mass is 11.1. The van der Waals surface area contributed by atoms with Gasteiger partial charge in [0.25, 0.3) is 0 Å². The highest BCUT2D eigenvalue weighted by molar-refractivity contribution is 5.66. The molecule has 0 saturated heterocycles. The van der Waals surface area contributed by atoms with E-state index in [0.717, 1.165) is 5.17 Å². The number of amides is 2. The third kappa shape index (κ3) is 5.70. The first-order valence-corrected chi connectivity index (χ1v) is 3.37. The number of hydroxylamine groups is 1. The lowest BCUT2D eigenvalue weighted by Crippen LogP contribution is -2.41. The molecule has 0 spiro atoms. The third-order valence-electron chi connectivity index (χ3n) is 0.895. The standard InChI is InChI=1S/C5H12N4O4/c1-6-4(10)12-8-9(3)13-5(11)7-2/h8H,1-3H3,(H,6,10)(H,7,11). The van der Waals surface area contributed by atoms with Crippen molar-refractivity contribution in [3.8, 4) is 0 Å². The van der Waals surface area contributed by atoms with Gasteiger partial charge in [-0.05, 0) is 10.8 Å². The molecule has 8 heteroatoms. The highest BCUT2D eigenvalue weighted by Gasteiger charge is 2.06.